The van der Waals surface area contributed by atoms with Crippen LogP contribution in [0.2, 0.25) is 0 Å². The average molecular weight is 311 g/mol. The molecule has 0 aliphatic rings. The topological polar surface area (TPSA) is 29.5 Å². The molecule has 1 atom stereocenters. The highest BCUT2D eigenvalue weighted by Crippen LogP contribution is 2.27. The summed E-state index contributed by atoms with van der Waals surface area (Å²) >= 11 is 3.10. The second-order valence-electron chi connectivity index (χ2n) is 3.92. The number of hydrogen-bond acceptors (Lipinski definition) is 2. The number of halogens is 2. The zero-order chi connectivity index (χ0) is 13.1. The molecule has 18 heavy (non-hydrogen) atoms. The quantitative estimate of drug-likeness (QED) is 0.908. The third kappa shape index (κ3) is 3.09. The predicted molar refractivity (Wildman–Crippen MR) is 71.2 cm³/mol. The van der Waals surface area contributed by atoms with Crippen molar-refractivity contribution < 1.29 is 14.2 Å². The number of ether oxygens (including phenoxy) is 1. The van der Waals surface area contributed by atoms with Gasteiger partial charge in [-0.15, -0.1) is 0 Å². The van der Waals surface area contributed by atoms with Gasteiger partial charge >= 0.3 is 0 Å². The van der Waals surface area contributed by atoms with Crippen LogP contribution in [0.5, 0.6) is 11.5 Å². The summed E-state index contributed by atoms with van der Waals surface area (Å²) in [6.07, 6.45) is -0.501. The summed E-state index contributed by atoms with van der Waals surface area (Å²) in [7, 11) is 0. The molecule has 0 spiro atoms. The summed E-state index contributed by atoms with van der Waals surface area (Å²) < 4.78 is 19.0. The van der Waals surface area contributed by atoms with Crippen LogP contribution >= 0.6 is 15.9 Å². The van der Waals surface area contributed by atoms with E-state index in [4.69, 9.17) is 4.74 Å². The predicted octanol–water partition coefficient (Wildman–Crippen LogP) is 4.43. The maximum absolute atomic E-state index is 13.0. The van der Waals surface area contributed by atoms with Crippen molar-refractivity contribution in [1.82, 2.24) is 0 Å². The summed E-state index contributed by atoms with van der Waals surface area (Å²) in [6, 6.07) is 11.6. The van der Waals surface area contributed by atoms with Gasteiger partial charge in [0.15, 0.2) is 0 Å². The van der Waals surface area contributed by atoms with E-state index in [9.17, 15) is 9.50 Å². The Morgan fingerprint density at radius 1 is 1.11 bits per heavy atom. The third-order valence-corrected chi connectivity index (χ3v) is 3.10. The molecule has 0 amide bonds. The number of benzene rings is 2. The molecule has 0 aliphatic carbocycles. The lowest BCUT2D eigenvalue weighted by atomic mass is 10.1. The van der Waals surface area contributed by atoms with Gasteiger partial charge in [0.05, 0.1) is 10.6 Å². The minimum atomic E-state index is -0.501. The number of hydrogen-bond donors (Lipinski definition) is 1. The van der Waals surface area contributed by atoms with Crippen LogP contribution in [-0.4, -0.2) is 5.11 Å². The van der Waals surface area contributed by atoms with Gasteiger partial charge in [0.1, 0.15) is 17.3 Å². The summed E-state index contributed by atoms with van der Waals surface area (Å²) in [6.45, 7) is 1.70. The van der Waals surface area contributed by atoms with Gasteiger partial charge < -0.3 is 9.84 Å². The summed E-state index contributed by atoms with van der Waals surface area (Å²) in [5.74, 6) is 0.859. The first kappa shape index (κ1) is 13.1. The SMILES string of the molecule is C[C@@H](O)c1ccc(Oc2ccc(F)c(Br)c2)cc1. The normalized spacial score (nSPS) is 12.2. The van der Waals surface area contributed by atoms with E-state index in [-0.39, 0.29) is 5.82 Å². The minimum absolute atomic E-state index is 0.327. The molecule has 0 saturated carbocycles. The molecule has 2 rings (SSSR count). The molecule has 0 radical (unpaired) electrons. The number of aliphatic hydroxyl groups is 1. The maximum Gasteiger partial charge on any atom is 0.137 e. The second kappa shape index (κ2) is 5.50. The van der Waals surface area contributed by atoms with E-state index in [2.05, 4.69) is 15.9 Å². The van der Waals surface area contributed by atoms with Crippen molar-refractivity contribution in [2.75, 3.05) is 0 Å². The molecule has 1 N–H and O–H groups in total. The van der Waals surface area contributed by atoms with Crippen molar-refractivity contribution in [1.29, 1.82) is 0 Å². The lowest BCUT2D eigenvalue weighted by Gasteiger charge is -2.08. The molecule has 2 nitrogen and oxygen atoms in total. The highest BCUT2D eigenvalue weighted by atomic mass is 79.9. The van der Waals surface area contributed by atoms with Gasteiger partial charge in [-0.2, -0.15) is 0 Å². The van der Waals surface area contributed by atoms with Crippen molar-refractivity contribution in [3.8, 4) is 11.5 Å². The molecule has 0 bridgehead atoms. The lowest BCUT2D eigenvalue weighted by molar-refractivity contribution is 0.199. The Hall–Kier alpha value is -1.39. The van der Waals surface area contributed by atoms with Gasteiger partial charge in [-0.1, -0.05) is 12.1 Å². The van der Waals surface area contributed by atoms with Crippen LogP contribution in [0.15, 0.2) is 46.9 Å². The molecule has 94 valence electrons. The fourth-order valence-corrected chi connectivity index (χ4v) is 1.85. The van der Waals surface area contributed by atoms with Crippen LogP contribution < -0.4 is 4.74 Å². The van der Waals surface area contributed by atoms with E-state index in [1.165, 1.54) is 6.07 Å². The highest BCUT2D eigenvalue weighted by Gasteiger charge is 2.04. The smallest absolute Gasteiger partial charge is 0.137 e. The fraction of sp³-hybridized carbons (Fsp3) is 0.143. The summed E-state index contributed by atoms with van der Waals surface area (Å²) in [4.78, 5) is 0. The maximum atomic E-state index is 13.0. The lowest BCUT2D eigenvalue weighted by Crippen LogP contribution is -1.91. The Bertz CT molecular complexity index is 538. The Morgan fingerprint density at radius 3 is 2.28 bits per heavy atom. The van der Waals surface area contributed by atoms with Crippen LogP contribution in [0.1, 0.15) is 18.6 Å². The average Bonchev–Trinajstić information content (AvgIpc) is 2.34. The van der Waals surface area contributed by atoms with Crippen LogP contribution in [0.25, 0.3) is 0 Å². The van der Waals surface area contributed by atoms with Crippen LogP contribution in [0.4, 0.5) is 4.39 Å². The first-order valence-corrected chi connectivity index (χ1v) is 6.26. The number of aliphatic hydroxyl groups excluding tert-OH is 1. The number of rotatable bonds is 3. The molecule has 0 saturated heterocycles. The molecule has 4 heteroatoms. The van der Waals surface area contributed by atoms with Crippen molar-refractivity contribution in [2.45, 2.75) is 13.0 Å². The van der Waals surface area contributed by atoms with E-state index in [1.54, 1.807) is 43.3 Å². The molecule has 2 aromatic rings. The van der Waals surface area contributed by atoms with Gasteiger partial charge in [0, 0.05) is 0 Å². The second-order valence-corrected chi connectivity index (χ2v) is 4.78. The first-order valence-electron chi connectivity index (χ1n) is 5.47. The van der Waals surface area contributed by atoms with Crippen molar-refractivity contribution in [3.63, 3.8) is 0 Å². The van der Waals surface area contributed by atoms with Gasteiger partial charge in [-0.25, -0.2) is 4.39 Å². The van der Waals surface area contributed by atoms with Crippen molar-refractivity contribution in [3.05, 3.63) is 58.3 Å². The molecule has 0 unspecified atom stereocenters. The van der Waals surface area contributed by atoms with E-state index >= 15 is 0 Å². The van der Waals surface area contributed by atoms with Crippen LogP contribution in [0, 0.1) is 5.82 Å². The molecule has 2 aromatic carbocycles. The fourth-order valence-electron chi connectivity index (χ4n) is 1.49. The van der Waals surface area contributed by atoms with Crippen LogP contribution in [-0.2, 0) is 0 Å². The Balaban J connectivity index is 2.15. The largest absolute Gasteiger partial charge is 0.457 e. The van der Waals surface area contributed by atoms with Crippen molar-refractivity contribution in [2.24, 2.45) is 0 Å². The summed E-state index contributed by atoms with van der Waals surface area (Å²) in [5.41, 5.74) is 0.822. The molecule has 0 aromatic heterocycles. The zero-order valence-corrected chi connectivity index (χ0v) is 11.3. The molecule has 0 aliphatic heterocycles. The molecular weight excluding hydrogens is 299 g/mol. The van der Waals surface area contributed by atoms with Gasteiger partial charge in [0.2, 0.25) is 0 Å². The molecular formula is C14H12BrFO2. The first-order chi connectivity index (χ1) is 8.56. The minimum Gasteiger partial charge on any atom is -0.457 e. The Kier molecular flexibility index (Phi) is 3.99. The van der Waals surface area contributed by atoms with Gasteiger partial charge in [0.25, 0.3) is 0 Å². The third-order valence-electron chi connectivity index (χ3n) is 2.49. The van der Waals surface area contributed by atoms with Gasteiger partial charge in [-0.05, 0) is 58.7 Å². The molecule has 0 heterocycles. The van der Waals surface area contributed by atoms with E-state index < -0.39 is 6.10 Å². The standard InChI is InChI=1S/C14H12BrFO2/c1-9(17)10-2-4-11(5-3-10)18-12-6-7-14(16)13(15)8-12/h2-9,17H,1H3/t9-/m1/s1. The molecule has 0 fully saturated rings. The highest BCUT2D eigenvalue weighted by molar-refractivity contribution is 9.10. The van der Waals surface area contributed by atoms with Crippen LogP contribution in [0.3, 0.4) is 0 Å². The monoisotopic (exact) mass is 310 g/mol. The Labute approximate surface area is 113 Å². The van der Waals surface area contributed by atoms with Gasteiger partial charge in [-0.3, -0.25) is 0 Å². The van der Waals surface area contributed by atoms with Crippen molar-refractivity contribution >= 4 is 15.9 Å². The van der Waals surface area contributed by atoms with E-state index in [0.717, 1.165) is 5.56 Å². The van der Waals surface area contributed by atoms with E-state index in [0.29, 0.717) is 16.0 Å². The summed E-state index contributed by atoms with van der Waals surface area (Å²) in [5, 5.41) is 9.38. The zero-order valence-electron chi connectivity index (χ0n) is 9.73. The Morgan fingerprint density at radius 2 is 1.72 bits per heavy atom. The van der Waals surface area contributed by atoms with E-state index in [1.807, 2.05) is 0 Å².